The fourth-order valence-electron chi connectivity index (χ4n) is 2.15. The molecule has 0 radical (unpaired) electrons. The van der Waals surface area contributed by atoms with Gasteiger partial charge in [-0.2, -0.15) is 0 Å². The van der Waals surface area contributed by atoms with Gasteiger partial charge in [-0.3, -0.25) is 20.4 Å². The van der Waals surface area contributed by atoms with Gasteiger partial charge in [0, 0.05) is 0 Å². The minimum Gasteiger partial charge on any atom is -0.497 e. The lowest BCUT2D eigenvalue weighted by atomic mass is 10.2. The van der Waals surface area contributed by atoms with Crippen LogP contribution in [0.3, 0.4) is 0 Å². The van der Waals surface area contributed by atoms with Gasteiger partial charge in [0.15, 0.2) is 12.7 Å². The van der Waals surface area contributed by atoms with Crippen LogP contribution in [0, 0.1) is 0 Å². The van der Waals surface area contributed by atoms with E-state index in [0.29, 0.717) is 17.2 Å². The van der Waals surface area contributed by atoms with Crippen LogP contribution in [0.1, 0.15) is 19.4 Å². The fraction of sp³-hybridized carbons (Fsp3) is 0.300. The van der Waals surface area contributed by atoms with Crippen LogP contribution in [0.2, 0.25) is 0 Å². The number of rotatable bonds is 8. The maximum absolute atomic E-state index is 12.0. The fourth-order valence-corrected chi connectivity index (χ4v) is 2.15. The van der Waals surface area contributed by atoms with Gasteiger partial charge in [-0.15, -0.1) is 0 Å². The second-order valence-electron chi connectivity index (χ2n) is 5.76. The number of aryl methyl sites for hydroxylation is 1. The Balaban J connectivity index is 1.71. The van der Waals surface area contributed by atoms with E-state index < -0.39 is 17.9 Å². The molecule has 0 fully saturated rings. The van der Waals surface area contributed by atoms with Gasteiger partial charge in [0.1, 0.15) is 17.2 Å². The summed E-state index contributed by atoms with van der Waals surface area (Å²) in [6.45, 7) is 3.43. The van der Waals surface area contributed by atoms with Gasteiger partial charge >= 0.3 is 0 Å². The van der Waals surface area contributed by atoms with E-state index in [-0.39, 0.29) is 6.61 Å². The molecule has 0 saturated carbocycles. The number of carbonyl (C=O) groups excluding carboxylic acids is 2. The maximum Gasteiger partial charge on any atom is 0.279 e. The molecule has 0 aliphatic heterocycles. The molecule has 2 rings (SSSR count). The molecule has 0 heterocycles. The summed E-state index contributed by atoms with van der Waals surface area (Å²) >= 11 is 0. The van der Waals surface area contributed by atoms with E-state index in [1.165, 1.54) is 5.56 Å². The monoisotopic (exact) mass is 372 g/mol. The van der Waals surface area contributed by atoms with Gasteiger partial charge in [-0.1, -0.05) is 19.1 Å². The van der Waals surface area contributed by atoms with Crippen molar-refractivity contribution in [3.8, 4) is 17.2 Å². The Labute approximate surface area is 158 Å². The third-order valence-corrected chi connectivity index (χ3v) is 3.77. The molecule has 144 valence electrons. The predicted molar refractivity (Wildman–Crippen MR) is 101 cm³/mol. The lowest BCUT2D eigenvalue weighted by molar-refractivity contribution is -0.133. The Hall–Kier alpha value is -3.22. The van der Waals surface area contributed by atoms with Crippen molar-refractivity contribution in [1.82, 2.24) is 10.9 Å². The van der Waals surface area contributed by atoms with Crippen LogP contribution < -0.4 is 25.1 Å². The Morgan fingerprint density at radius 1 is 0.926 bits per heavy atom. The summed E-state index contributed by atoms with van der Waals surface area (Å²) in [5.74, 6) is 0.843. The van der Waals surface area contributed by atoms with Crippen LogP contribution in [0.15, 0.2) is 48.5 Å². The normalized spacial score (nSPS) is 11.2. The molecule has 0 unspecified atom stereocenters. The molecule has 0 spiro atoms. The van der Waals surface area contributed by atoms with Gasteiger partial charge in [-0.25, -0.2) is 0 Å². The summed E-state index contributed by atoms with van der Waals surface area (Å²) in [5, 5.41) is 0. The summed E-state index contributed by atoms with van der Waals surface area (Å²) in [6, 6.07) is 14.3. The third-order valence-electron chi connectivity index (χ3n) is 3.77. The van der Waals surface area contributed by atoms with E-state index in [0.717, 1.165) is 6.42 Å². The van der Waals surface area contributed by atoms with Crippen LogP contribution >= 0.6 is 0 Å². The average Bonchev–Trinajstić information content (AvgIpc) is 2.71. The number of hydrazine groups is 1. The molecule has 0 aliphatic rings. The highest BCUT2D eigenvalue weighted by atomic mass is 16.5. The third kappa shape index (κ3) is 6.54. The summed E-state index contributed by atoms with van der Waals surface area (Å²) < 4.78 is 15.9. The van der Waals surface area contributed by atoms with Crippen molar-refractivity contribution in [2.45, 2.75) is 26.4 Å². The minimum atomic E-state index is -0.791. The van der Waals surface area contributed by atoms with E-state index in [4.69, 9.17) is 14.2 Å². The Morgan fingerprint density at radius 2 is 1.52 bits per heavy atom. The zero-order valence-electron chi connectivity index (χ0n) is 15.7. The summed E-state index contributed by atoms with van der Waals surface area (Å²) in [5.41, 5.74) is 5.79. The highest BCUT2D eigenvalue weighted by Crippen LogP contribution is 2.18. The largest absolute Gasteiger partial charge is 0.497 e. The predicted octanol–water partition coefficient (Wildman–Crippen LogP) is 2.25. The molecule has 7 nitrogen and oxygen atoms in total. The van der Waals surface area contributed by atoms with E-state index in [9.17, 15) is 9.59 Å². The quantitative estimate of drug-likeness (QED) is 0.694. The second kappa shape index (κ2) is 10.1. The SMILES string of the molecule is CCc1ccc(OCC(=O)NNC(=O)[C@H](C)Oc2ccc(OC)cc2)cc1. The molecule has 0 aromatic heterocycles. The molecule has 0 aliphatic carbocycles. The van der Waals surface area contributed by atoms with Crippen LogP contribution in [0.25, 0.3) is 0 Å². The van der Waals surface area contributed by atoms with Crippen molar-refractivity contribution in [2.24, 2.45) is 0 Å². The number of nitrogens with one attached hydrogen (secondary N) is 2. The van der Waals surface area contributed by atoms with Crippen LogP contribution in [-0.2, 0) is 16.0 Å². The molecule has 2 amide bonds. The van der Waals surface area contributed by atoms with Crippen molar-refractivity contribution in [1.29, 1.82) is 0 Å². The van der Waals surface area contributed by atoms with Crippen molar-refractivity contribution in [3.05, 3.63) is 54.1 Å². The molecular weight excluding hydrogens is 348 g/mol. The molecule has 7 heteroatoms. The van der Waals surface area contributed by atoms with Gasteiger partial charge in [0.2, 0.25) is 0 Å². The summed E-state index contributed by atoms with van der Waals surface area (Å²) in [4.78, 5) is 23.8. The molecule has 27 heavy (non-hydrogen) atoms. The van der Waals surface area contributed by atoms with Gasteiger partial charge in [-0.05, 0) is 55.3 Å². The first-order valence-electron chi connectivity index (χ1n) is 8.63. The van der Waals surface area contributed by atoms with Crippen molar-refractivity contribution >= 4 is 11.8 Å². The standard InChI is InChI=1S/C20H24N2O5/c1-4-15-5-7-17(8-6-15)26-13-19(23)21-22-20(24)14(2)27-18-11-9-16(25-3)10-12-18/h5-12,14H,4,13H2,1-3H3,(H,21,23)(H,22,24)/t14-/m0/s1. The Morgan fingerprint density at radius 3 is 2.11 bits per heavy atom. The lowest BCUT2D eigenvalue weighted by Crippen LogP contribution is -2.48. The smallest absolute Gasteiger partial charge is 0.279 e. The van der Waals surface area contributed by atoms with E-state index >= 15 is 0 Å². The minimum absolute atomic E-state index is 0.209. The number of hydrogen-bond donors (Lipinski definition) is 2. The van der Waals surface area contributed by atoms with Gasteiger partial charge < -0.3 is 14.2 Å². The van der Waals surface area contributed by atoms with Gasteiger partial charge in [0.25, 0.3) is 11.8 Å². The highest BCUT2D eigenvalue weighted by Gasteiger charge is 2.15. The van der Waals surface area contributed by atoms with E-state index in [1.807, 2.05) is 12.1 Å². The number of ether oxygens (including phenoxy) is 3. The number of methoxy groups -OCH3 is 1. The molecule has 2 N–H and O–H groups in total. The van der Waals surface area contributed by atoms with Crippen molar-refractivity contribution in [3.63, 3.8) is 0 Å². The molecule has 2 aromatic carbocycles. The second-order valence-corrected chi connectivity index (χ2v) is 5.76. The summed E-state index contributed by atoms with van der Waals surface area (Å²) in [7, 11) is 1.57. The summed E-state index contributed by atoms with van der Waals surface area (Å²) in [6.07, 6.45) is 0.144. The van der Waals surface area contributed by atoms with E-state index in [1.54, 1.807) is 50.4 Å². The zero-order valence-corrected chi connectivity index (χ0v) is 15.7. The average molecular weight is 372 g/mol. The van der Waals surface area contributed by atoms with Crippen LogP contribution in [0.5, 0.6) is 17.2 Å². The zero-order chi connectivity index (χ0) is 19.6. The molecule has 1 atom stereocenters. The van der Waals surface area contributed by atoms with Crippen molar-refractivity contribution in [2.75, 3.05) is 13.7 Å². The first-order valence-corrected chi connectivity index (χ1v) is 8.63. The Kier molecular flexibility index (Phi) is 7.49. The number of hydrogen-bond acceptors (Lipinski definition) is 5. The van der Waals surface area contributed by atoms with Gasteiger partial charge in [0.05, 0.1) is 7.11 Å². The number of amides is 2. The maximum atomic E-state index is 12.0. The highest BCUT2D eigenvalue weighted by molar-refractivity contribution is 5.85. The van der Waals surface area contributed by atoms with Crippen molar-refractivity contribution < 1.29 is 23.8 Å². The van der Waals surface area contributed by atoms with Crippen LogP contribution in [-0.4, -0.2) is 31.6 Å². The van der Waals surface area contributed by atoms with E-state index in [2.05, 4.69) is 17.8 Å². The molecule has 0 saturated heterocycles. The molecule has 0 bridgehead atoms. The molecule has 2 aromatic rings. The Bertz CT molecular complexity index is 744. The number of benzene rings is 2. The van der Waals surface area contributed by atoms with Crippen LogP contribution in [0.4, 0.5) is 0 Å². The molecular formula is C20H24N2O5. The topological polar surface area (TPSA) is 85.9 Å². The first kappa shape index (κ1) is 20.1. The lowest BCUT2D eigenvalue weighted by Gasteiger charge is -2.15. The first-order chi connectivity index (χ1) is 13.0. The number of carbonyl (C=O) groups is 2.